The van der Waals surface area contributed by atoms with Crippen molar-refractivity contribution in [1.29, 1.82) is 0 Å². The van der Waals surface area contributed by atoms with Crippen LogP contribution in [0, 0.1) is 0 Å². The molecule has 0 aromatic rings. The Morgan fingerprint density at radius 1 is 1.75 bits per heavy atom. The van der Waals surface area contributed by atoms with E-state index in [1.165, 1.54) is 0 Å². The first-order chi connectivity index (χ1) is 5.39. The standard InChI is InChI=1S/C7H14FNO2S/c1-7(2,12-8)4-3-5(9)6(10)11/h5H,3-4,9H2,1-2H3,(H,10,11)/t5-/m0/s1. The summed E-state index contributed by atoms with van der Waals surface area (Å²) in [6.07, 6.45) is 0.765. The Labute approximate surface area is 75.8 Å². The van der Waals surface area contributed by atoms with E-state index in [-0.39, 0.29) is 12.1 Å². The van der Waals surface area contributed by atoms with Crippen LogP contribution in [0.15, 0.2) is 0 Å². The molecule has 0 spiro atoms. The number of carbonyl (C=O) groups is 1. The number of rotatable bonds is 5. The molecule has 3 nitrogen and oxygen atoms in total. The SMILES string of the molecule is CC(C)(CC[C@H](N)C(=O)O)SF. The first-order valence-electron chi connectivity index (χ1n) is 3.67. The predicted molar refractivity (Wildman–Crippen MR) is 47.6 cm³/mol. The highest BCUT2D eigenvalue weighted by Gasteiger charge is 2.22. The summed E-state index contributed by atoms with van der Waals surface area (Å²) in [4.78, 5) is 10.3. The van der Waals surface area contributed by atoms with E-state index in [4.69, 9.17) is 10.8 Å². The summed E-state index contributed by atoms with van der Waals surface area (Å²) in [5.74, 6) is -1.03. The van der Waals surface area contributed by atoms with Gasteiger partial charge in [0.1, 0.15) is 6.04 Å². The van der Waals surface area contributed by atoms with Crippen molar-refractivity contribution >= 4 is 18.1 Å². The monoisotopic (exact) mass is 195 g/mol. The molecule has 0 rings (SSSR count). The van der Waals surface area contributed by atoms with Crippen LogP contribution in [0.1, 0.15) is 26.7 Å². The zero-order valence-electron chi connectivity index (χ0n) is 7.21. The van der Waals surface area contributed by atoms with Crippen LogP contribution in [0.4, 0.5) is 3.89 Å². The van der Waals surface area contributed by atoms with Gasteiger partial charge in [0, 0.05) is 4.75 Å². The Balaban J connectivity index is 3.75. The van der Waals surface area contributed by atoms with E-state index in [2.05, 4.69) is 0 Å². The van der Waals surface area contributed by atoms with Crippen molar-refractivity contribution in [2.45, 2.75) is 37.5 Å². The second-order valence-electron chi connectivity index (χ2n) is 3.32. The average Bonchev–Trinajstić information content (AvgIpc) is 2.00. The van der Waals surface area contributed by atoms with Crippen LogP contribution in [-0.2, 0) is 4.79 Å². The van der Waals surface area contributed by atoms with E-state index in [0.717, 1.165) is 0 Å². The van der Waals surface area contributed by atoms with Crippen LogP contribution in [0.5, 0.6) is 0 Å². The molecule has 0 aliphatic carbocycles. The molecule has 3 N–H and O–H groups in total. The molecule has 0 aromatic heterocycles. The fraction of sp³-hybridized carbons (Fsp3) is 0.857. The summed E-state index contributed by atoms with van der Waals surface area (Å²) in [5, 5.41) is 8.43. The number of hydrogen-bond donors (Lipinski definition) is 2. The number of nitrogens with two attached hydrogens (primary N) is 1. The Kier molecular flexibility index (Phi) is 4.55. The first-order valence-corrected chi connectivity index (χ1v) is 4.39. The molecule has 1 atom stereocenters. The van der Waals surface area contributed by atoms with Gasteiger partial charge in [-0.25, -0.2) is 0 Å². The molecule has 0 radical (unpaired) electrons. The summed E-state index contributed by atoms with van der Waals surface area (Å²) in [5.41, 5.74) is 5.25. The summed E-state index contributed by atoms with van der Waals surface area (Å²) in [7, 11) is 0. The van der Waals surface area contributed by atoms with Crippen molar-refractivity contribution in [1.82, 2.24) is 0 Å². The van der Waals surface area contributed by atoms with E-state index in [0.29, 0.717) is 12.8 Å². The predicted octanol–water partition coefficient (Wildman–Crippen LogP) is 1.57. The number of hydrogen-bond acceptors (Lipinski definition) is 3. The van der Waals surface area contributed by atoms with E-state index < -0.39 is 16.8 Å². The van der Waals surface area contributed by atoms with E-state index >= 15 is 0 Å². The molecule has 0 saturated carbocycles. The molecular formula is C7H14FNO2S. The zero-order chi connectivity index (χ0) is 9.78. The smallest absolute Gasteiger partial charge is 0.320 e. The Morgan fingerprint density at radius 2 is 2.25 bits per heavy atom. The highest BCUT2D eigenvalue weighted by atomic mass is 32.2. The lowest BCUT2D eigenvalue weighted by molar-refractivity contribution is -0.138. The largest absolute Gasteiger partial charge is 0.480 e. The molecular weight excluding hydrogens is 181 g/mol. The van der Waals surface area contributed by atoms with Crippen LogP contribution in [0.25, 0.3) is 0 Å². The molecule has 0 saturated heterocycles. The topological polar surface area (TPSA) is 63.3 Å². The number of aliphatic carboxylic acids is 1. The van der Waals surface area contributed by atoms with Crippen LogP contribution in [0.3, 0.4) is 0 Å². The third-order valence-electron chi connectivity index (χ3n) is 1.58. The van der Waals surface area contributed by atoms with Crippen LogP contribution >= 0.6 is 12.1 Å². The van der Waals surface area contributed by atoms with E-state index in [9.17, 15) is 8.68 Å². The Hall–Kier alpha value is -0.290. The lowest BCUT2D eigenvalue weighted by atomic mass is 10.0. The summed E-state index contributed by atoms with van der Waals surface area (Å²) < 4.78 is 11.6. The second-order valence-corrected chi connectivity index (χ2v) is 4.58. The molecule has 0 heterocycles. The van der Waals surface area contributed by atoms with E-state index in [1.54, 1.807) is 13.8 Å². The van der Waals surface area contributed by atoms with Crippen molar-refractivity contribution in [3.8, 4) is 0 Å². The number of carboxylic acids is 1. The second kappa shape index (κ2) is 4.67. The van der Waals surface area contributed by atoms with Crippen molar-refractivity contribution in [2.75, 3.05) is 0 Å². The minimum atomic E-state index is -1.03. The highest BCUT2D eigenvalue weighted by Crippen LogP contribution is 2.30. The fourth-order valence-electron chi connectivity index (χ4n) is 0.665. The van der Waals surface area contributed by atoms with Crippen LogP contribution in [-0.4, -0.2) is 21.9 Å². The van der Waals surface area contributed by atoms with Gasteiger partial charge >= 0.3 is 5.97 Å². The highest BCUT2D eigenvalue weighted by molar-refractivity contribution is 7.95. The maximum Gasteiger partial charge on any atom is 0.320 e. The molecule has 0 bridgehead atoms. The van der Waals surface area contributed by atoms with Crippen molar-refractivity contribution in [3.63, 3.8) is 0 Å². The Morgan fingerprint density at radius 3 is 2.58 bits per heavy atom. The molecule has 0 aliphatic rings. The molecule has 5 heteroatoms. The molecule has 0 aromatic carbocycles. The lowest BCUT2D eigenvalue weighted by Gasteiger charge is -2.19. The van der Waals surface area contributed by atoms with Gasteiger partial charge in [-0.2, -0.15) is 3.89 Å². The van der Waals surface area contributed by atoms with E-state index in [1.807, 2.05) is 0 Å². The first kappa shape index (κ1) is 11.7. The molecule has 72 valence electrons. The van der Waals surface area contributed by atoms with Gasteiger partial charge in [-0.3, -0.25) is 4.79 Å². The molecule has 12 heavy (non-hydrogen) atoms. The third kappa shape index (κ3) is 4.56. The van der Waals surface area contributed by atoms with Gasteiger partial charge in [0.05, 0.1) is 12.1 Å². The maximum absolute atomic E-state index is 12.2. The zero-order valence-corrected chi connectivity index (χ0v) is 8.03. The molecule has 0 aliphatic heterocycles. The quantitative estimate of drug-likeness (QED) is 0.699. The lowest BCUT2D eigenvalue weighted by Crippen LogP contribution is -2.32. The Bertz CT molecular complexity index is 163. The fourth-order valence-corrected chi connectivity index (χ4v) is 0.860. The minimum Gasteiger partial charge on any atom is -0.480 e. The van der Waals surface area contributed by atoms with Gasteiger partial charge in [0.25, 0.3) is 0 Å². The molecule has 0 unspecified atom stereocenters. The van der Waals surface area contributed by atoms with Crippen LogP contribution in [0.2, 0.25) is 0 Å². The van der Waals surface area contributed by atoms with Crippen LogP contribution < -0.4 is 5.73 Å². The van der Waals surface area contributed by atoms with Gasteiger partial charge in [-0.05, 0) is 26.7 Å². The summed E-state index contributed by atoms with van der Waals surface area (Å²) in [6, 6.07) is -0.878. The summed E-state index contributed by atoms with van der Waals surface area (Å²) in [6.45, 7) is 3.43. The van der Waals surface area contributed by atoms with Gasteiger partial charge in [0.15, 0.2) is 0 Å². The van der Waals surface area contributed by atoms with Crippen molar-refractivity contribution in [3.05, 3.63) is 0 Å². The third-order valence-corrected chi connectivity index (χ3v) is 2.21. The summed E-state index contributed by atoms with van der Waals surface area (Å²) >= 11 is 0.232. The molecule has 0 amide bonds. The van der Waals surface area contributed by atoms with Gasteiger partial charge in [-0.1, -0.05) is 0 Å². The van der Waals surface area contributed by atoms with Crippen molar-refractivity contribution in [2.24, 2.45) is 5.73 Å². The number of halogens is 1. The normalized spacial score (nSPS) is 14.3. The minimum absolute atomic E-state index is 0.232. The maximum atomic E-state index is 12.2. The average molecular weight is 195 g/mol. The van der Waals surface area contributed by atoms with Gasteiger partial charge in [-0.15, -0.1) is 0 Å². The van der Waals surface area contributed by atoms with Crippen molar-refractivity contribution < 1.29 is 13.8 Å². The molecule has 0 fully saturated rings. The number of carboxylic acid groups (broad SMARTS) is 1. The van der Waals surface area contributed by atoms with Gasteiger partial charge < -0.3 is 10.8 Å². The van der Waals surface area contributed by atoms with Gasteiger partial charge in [0.2, 0.25) is 0 Å².